The maximum absolute atomic E-state index is 5.85. The zero-order chi connectivity index (χ0) is 14.8. The molecule has 0 amide bonds. The topological polar surface area (TPSA) is 38.0 Å². The Morgan fingerprint density at radius 3 is 2.30 bits per heavy atom. The summed E-state index contributed by atoms with van der Waals surface area (Å²) in [6.07, 6.45) is 5.27. The number of hydrogen-bond donors (Lipinski definition) is 2. The molecule has 0 bridgehead atoms. The van der Waals surface area contributed by atoms with Crippen LogP contribution in [-0.4, -0.2) is 0 Å². The highest BCUT2D eigenvalue weighted by molar-refractivity contribution is 5.29. The summed E-state index contributed by atoms with van der Waals surface area (Å²) in [7, 11) is 0. The lowest BCUT2D eigenvalue weighted by atomic mass is 9.84. The van der Waals surface area contributed by atoms with Crippen molar-refractivity contribution in [1.29, 1.82) is 0 Å². The molecular formula is C18H30N2. The molecule has 3 unspecified atom stereocenters. The highest BCUT2D eigenvalue weighted by Gasteiger charge is 2.30. The second-order valence-electron chi connectivity index (χ2n) is 7.36. The van der Waals surface area contributed by atoms with Crippen molar-refractivity contribution in [2.75, 3.05) is 0 Å². The van der Waals surface area contributed by atoms with E-state index in [9.17, 15) is 0 Å². The van der Waals surface area contributed by atoms with E-state index in [0.29, 0.717) is 12.0 Å². The summed E-state index contributed by atoms with van der Waals surface area (Å²) < 4.78 is 0. The van der Waals surface area contributed by atoms with Gasteiger partial charge >= 0.3 is 0 Å². The van der Waals surface area contributed by atoms with E-state index in [2.05, 4.69) is 57.4 Å². The Hall–Kier alpha value is -0.860. The summed E-state index contributed by atoms with van der Waals surface area (Å²) in [6.45, 7) is 9.06. The van der Waals surface area contributed by atoms with Gasteiger partial charge in [0.15, 0.2) is 0 Å². The molecule has 3 N–H and O–H groups in total. The maximum atomic E-state index is 5.85. The van der Waals surface area contributed by atoms with Crippen molar-refractivity contribution in [2.45, 2.75) is 64.8 Å². The van der Waals surface area contributed by atoms with Crippen LogP contribution >= 0.6 is 0 Å². The minimum Gasteiger partial charge on any atom is -0.271 e. The molecule has 1 aliphatic rings. The van der Waals surface area contributed by atoms with Crippen molar-refractivity contribution < 1.29 is 0 Å². The van der Waals surface area contributed by atoms with Crippen LogP contribution < -0.4 is 11.3 Å². The van der Waals surface area contributed by atoms with Gasteiger partial charge in [0, 0.05) is 6.04 Å². The minimum absolute atomic E-state index is 0.213. The molecule has 3 atom stereocenters. The number of nitrogens with one attached hydrogen (secondary N) is 1. The van der Waals surface area contributed by atoms with Crippen molar-refractivity contribution in [3.8, 4) is 0 Å². The third-order valence-electron chi connectivity index (χ3n) is 4.95. The normalized spacial score (nSPS) is 24.9. The smallest absolute Gasteiger partial charge is 0.0488 e. The lowest BCUT2D eigenvalue weighted by Gasteiger charge is -2.25. The first kappa shape index (κ1) is 15.5. The number of benzene rings is 1. The van der Waals surface area contributed by atoms with Crippen molar-refractivity contribution >= 4 is 0 Å². The zero-order valence-electron chi connectivity index (χ0n) is 13.4. The van der Waals surface area contributed by atoms with E-state index in [4.69, 9.17) is 5.84 Å². The van der Waals surface area contributed by atoms with Gasteiger partial charge in [0.2, 0.25) is 0 Å². The van der Waals surface area contributed by atoms with Crippen LogP contribution in [0, 0.1) is 11.8 Å². The van der Waals surface area contributed by atoms with Gasteiger partial charge in [-0.2, -0.15) is 0 Å². The summed E-state index contributed by atoms with van der Waals surface area (Å²) in [6, 6.07) is 9.33. The van der Waals surface area contributed by atoms with Gasteiger partial charge in [-0.3, -0.25) is 11.3 Å². The minimum atomic E-state index is 0.213. The Bertz CT molecular complexity index is 416. The molecule has 0 saturated heterocycles. The first-order valence-electron chi connectivity index (χ1n) is 8.02. The maximum Gasteiger partial charge on any atom is 0.0488 e. The Kier molecular flexibility index (Phi) is 4.87. The van der Waals surface area contributed by atoms with Crippen LogP contribution in [0.1, 0.15) is 70.5 Å². The number of nitrogens with two attached hydrogens (primary N) is 1. The van der Waals surface area contributed by atoms with Crippen LogP contribution in [0.15, 0.2) is 24.3 Å². The standard InChI is InChI=1S/C18H30N2/c1-5-13-6-7-15(12-13)17(20-19)14-8-10-16(11-9-14)18(2,3)4/h8-11,13,15,17,20H,5-7,12,19H2,1-4H3. The molecule has 1 fully saturated rings. The summed E-state index contributed by atoms with van der Waals surface area (Å²) in [5.74, 6) is 7.42. The third kappa shape index (κ3) is 3.42. The van der Waals surface area contributed by atoms with Crippen LogP contribution in [0.2, 0.25) is 0 Å². The summed E-state index contributed by atoms with van der Waals surface area (Å²) in [5, 5.41) is 0. The highest BCUT2D eigenvalue weighted by Crippen LogP contribution is 2.40. The predicted octanol–water partition coefficient (Wildman–Crippen LogP) is 4.31. The number of hydrogen-bond acceptors (Lipinski definition) is 2. The van der Waals surface area contributed by atoms with Gasteiger partial charge < -0.3 is 0 Å². The molecule has 0 radical (unpaired) electrons. The van der Waals surface area contributed by atoms with Crippen molar-refractivity contribution in [3.63, 3.8) is 0 Å². The van der Waals surface area contributed by atoms with E-state index in [1.165, 1.54) is 36.8 Å². The molecule has 2 heteroatoms. The molecule has 2 nitrogen and oxygen atoms in total. The molecule has 1 aromatic rings. The molecule has 2 rings (SSSR count). The van der Waals surface area contributed by atoms with Gasteiger partial charge in [-0.05, 0) is 41.2 Å². The molecule has 1 aliphatic carbocycles. The highest BCUT2D eigenvalue weighted by atomic mass is 15.2. The van der Waals surface area contributed by atoms with Gasteiger partial charge in [0.05, 0.1) is 0 Å². The van der Waals surface area contributed by atoms with Crippen LogP contribution in [0.25, 0.3) is 0 Å². The first-order chi connectivity index (χ1) is 9.45. The van der Waals surface area contributed by atoms with Gasteiger partial charge in [-0.25, -0.2) is 0 Å². The van der Waals surface area contributed by atoms with Crippen LogP contribution in [0.3, 0.4) is 0 Å². The fourth-order valence-corrected chi connectivity index (χ4v) is 3.48. The second-order valence-corrected chi connectivity index (χ2v) is 7.36. The number of rotatable bonds is 4. The number of hydrazine groups is 1. The Morgan fingerprint density at radius 1 is 1.20 bits per heavy atom. The third-order valence-corrected chi connectivity index (χ3v) is 4.95. The molecule has 1 aromatic carbocycles. The Labute approximate surface area is 124 Å². The molecule has 0 aliphatic heterocycles. The van der Waals surface area contributed by atoms with E-state index >= 15 is 0 Å². The molecule has 0 spiro atoms. The van der Waals surface area contributed by atoms with Crippen LogP contribution in [-0.2, 0) is 5.41 Å². The first-order valence-corrected chi connectivity index (χ1v) is 8.02. The fourth-order valence-electron chi connectivity index (χ4n) is 3.48. The molecule has 0 heterocycles. The molecule has 20 heavy (non-hydrogen) atoms. The average Bonchev–Trinajstić information content (AvgIpc) is 2.88. The van der Waals surface area contributed by atoms with E-state index in [0.717, 1.165) is 5.92 Å². The second kappa shape index (κ2) is 6.28. The SMILES string of the molecule is CCC1CCC(C(NN)c2ccc(C(C)(C)C)cc2)C1. The van der Waals surface area contributed by atoms with Gasteiger partial charge in [-0.15, -0.1) is 0 Å². The summed E-state index contributed by atoms with van der Waals surface area (Å²) in [5.41, 5.74) is 6.00. The van der Waals surface area contributed by atoms with Gasteiger partial charge in [0.1, 0.15) is 0 Å². The van der Waals surface area contributed by atoms with E-state index in [-0.39, 0.29) is 5.41 Å². The predicted molar refractivity (Wildman–Crippen MR) is 86.3 cm³/mol. The lowest BCUT2D eigenvalue weighted by molar-refractivity contribution is 0.358. The fraction of sp³-hybridized carbons (Fsp3) is 0.667. The average molecular weight is 274 g/mol. The van der Waals surface area contributed by atoms with E-state index in [1.54, 1.807) is 0 Å². The Balaban J connectivity index is 2.12. The van der Waals surface area contributed by atoms with Gasteiger partial charge in [-0.1, -0.05) is 64.8 Å². The molecular weight excluding hydrogens is 244 g/mol. The van der Waals surface area contributed by atoms with Crippen molar-refractivity contribution in [1.82, 2.24) is 5.43 Å². The van der Waals surface area contributed by atoms with Crippen molar-refractivity contribution in [3.05, 3.63) is 35.4 Å². The van der Waals surface area contributed by atoms with E-state index in [1.807, 2.05) is 0 Å². The molecule has 112 valence electrons. The summed E-state index contributed by atoms with van der Waals surface area (Å²) >= 11 is 0. The quantitative estimate of drug-likeness (QED) is 0.634. The lowest BCUT2D eigenvalue weighted by Crippen LogP contribution is -2.32. The van der Waals surface area contributed by atoms with Crippen molar-refractivity contribution in [2.24, 2.45) is 17.7 Å². The van der Waals surface area contributed by atoms with Crippen LogP contribution in [0.4, 0.5) is 0 Å². The van der Waals surface area contributed by atoms with Gasteiger partial charge in [0.25, 0.3) is 0 Å². The molecule has 0 aromatic heterocycles. The summed E-state index contributed by atoms with van der Waals surface area (Å²) in [4.78, 5) is 0. The zero-order valence-corrected chi connectivity index (χ0v) is 13.4. The van der Waals surface area contributed by atoms with Crippen LogP contribution in [0.5, 0.6) is 0 Å². The van der Waals surface area contributed by atoms with E-state index < -0.39 is 0 Å². The Morgan fingerprint density at radius 2 is 1.85 bits per heavy atom. The molecule has 1 saturated carbocycles. The largest absolute Gasteiger partial charge is 0.271 e. The monoisotopic (exact) mass is 274 g/mol.